The van der Waals surface area contributed by atoms with Crippen molar-refractivity contribution >= 4 is 26.7 Å². The number of benzene rings is 1. The number of hydrogen-bond acceptors (Lipinski definition) is 4. The zero-order valence-corrected chi connectivity index (χ0v) is 10.1. The molecule has 0 saturated carbocycles. The van der Waals surface area contributed by atoms with Crippen molar-refractivity contribution in [3.63, 3.8) is 0 Å². The van der Waals surface area contributed by atoms with E-state index in [1.807, 2.05) is 24.3 Å². The number of aliphatic hydroxyl groups excluding tert-OH is 1. The van der Waals surface area contributed by atoms with Crippen LogP contribution >= 0.6 is 11.3 Å². The quantitative estimate of drug-likeness (QED) is 0.902. The first-order chi connectivity index (χ1) is 8.47. The zero-order chi connectivity index (χ0) is 13.2. The Bertz CT molecular complexity index is 493. The molecule has 0 aliphatic carbocycles. The molecule has 0 aliphatic rings. The monoisotopic (exact) mass is 276 g/mol. The molecule has 0 aliphatic heterocycles. The van der Waals surface area contributed by atoms with Crippen LogP contribution in [-0.2, 0) is 0 Å². The van der Waals surface area contributed by atoms with E-state index in [1.165, 1.54) is 11.3 Å². The van der Waals surface area contributed by atoms with Crippen molar-refractivity contribution in [1.29, 1.82) is 0 Å². The number of nitrogens with zero attached hydrogens (tertiary/aromatic N) is 1. The lowest BCUT2D eigenvalue weighted by molar-refractivity contribution is -0.204. The highest BCUT2D eigenvalue weighted by atomic mass is 32.1. The summed E-state index contributed by atoms with van der Waals surface area (Å²) in [5, 5.41) is 12.2. The normalized spacial score (nSPS) is 13.8. The summed E-state index contributed by atoms with van der Waals surface area (Å²) in [5.41, 5.74) is 0.807. The molecule has 3 nitrogen and oxygen atoms in total. The first-order valence-electron chi connectivity index (χ1n) is 5.31. The molecule has 7 heteroatoms. The Morgan fingerprint density at radius 1 is 1.33 bits per heavy atom. The highest BCUT2D eigenvalue weighted by Gasteiger charge is 2.37. The molecule has 0 spiro atoms. The fourth-order valence-corrected chi connectivity index (χ4v) is 2.32. The minimum absolute atomic E-state index is 0.0283. The Labute approximate surface area is 105 Å². The molecule has 0 amide bonds. The lowest BCUT2D eigenvalue weighted by Gasteiger charge is -2.14. The maximum absolute atomic E-state index is 12.1. The number of aromatic nitrogens is 1. The third kappa shape index (κ3) is 3.11. The van der Waals surface area contributed by atoms with Gasteiger partial charge < -0.3 is 10.4 Å². The highest BCUT2D eigenvalue weighted by Crippen LogP contribution is 2.26. The molecule has 1 heterocycles. The Kier molecular flexibility index (Phi) is 3.72. The number of halogens is 3. The van der Waals surface area contributed by atoms with Crippen molar-refractivity contribution in [3.05, 3.63) is 24.3 Å². The van der Waals surface area contributed by atoms with Crippen LogP contribution < -0.4 is 5.32 Å². The predicted octanol–water partition coefficient (Wildman–Crippen LogP) is 3.02. The summed E-state index contributed by atoms with van der Waals surface area (Å²) in [7, 11) is 0. The number of rotatable bonds is 4. The Hall–Kier alpha value is -1.34. The van der Waals surface area contributed by atoms with E-state index in [0.717, 1.165) is 10.2 Å². The van der Waals surface area contributed by atoms with Crippen molar-refractivity contribution in [2.45, 2.75) is 18.7 Å². The fraction of sp³-hybridized carbons (Fsp3) is 0.364. The van der Waals surface area contributed by atoms with Gasteiger partial charge in [-0.05, 0) is 18.6 Å². The fourth-order valence-electron chi connectivity index (χ4n) is 1.43. The van der Waals surface area contributed by atoms with Crippen molar-refractivity contribution in [1.82, 2.24) is 4.98 Å². The number of para-hydroxylation sites is 1. The van der Waals surface area contributed by atoms with Crippen LogP contribution in [0.3, 0.4) is 0 Å². The van der Waals surface area contributed by atoms with Gasteiger partial charge in [0, 0.05) is 6.54 Å². The second-order valence-corrected chi connectivity index (χ2v) is 4.79. The SMILES string of the molecule is O[C@@H](CCNc1nc2ccccc2s1)C(F)(F)F. The van der Waals surface area contributed by atoms with Gasteiger partial charge in [0.2, 0.25) is 0 Å². The molecule has 1 atom stereocenters. The Balaban J connectivity index is 1.91. The van der Waals surface area contributed by atoms with Gasteiger partial charge in [0.15, 0.2) is 11.2 Å². The number of aliphatic hydroxyl groups is 1. The number of alkyl halides is 3. The molecular weight excluding hydrogens is 265 g/mol. The number of thiazole rings is 1. The van der Waals surface area contributed by atoms with E-state index in [2.05, 4.69) is 10.3 Å². The zero-order valence-electron chi connectivity index (χ0n) is 9.24. The average Bonchev–Trinajstić information content (AvgIpc) is 2.70. The summed E-state index contributed by atoms with van der Waals surface area (Å²) in [5.74, 6) is 0. The van der Waals surface area contributed by atoms with E-state index >= 15 is 0 Å². The average molecular weight is 276 g/mol. The first kappa shape index (κ1) is 13.1. The van der Waals surface area contributed by atoms with Crippen LogP contribution in [-0.4, -0.2) is 28.9 Å². The van der Waals surface area contributed by atoms with Crippen LogP contribution in [0, 0.1) is 0 Å². The van der Waals surface area contributed by atoms with Crippen LogP contribution in [0.15, 0.2) is 24.3 Å². The molecule has 1 aromatic heterocycles. The second kappa shape index (κ2) is 5.11. The van der Waals surface area contributed by atoms with Gasteiger partial charge in [0.05, 0.1) is 10.2 Å². The van der Waals surface area contributed by atoms with Gasteiger partial charge in [-0.3, -0.25) is 0 Å². The lowest BCUT2D eigenvalue weighted by atomic mass is 10.2. The first-order valence-corrected chi connectivity index (χ1v) is 6.12. The molecule has 18 heavy (non-hydrogen) atoms. The van der Waals surface area contributed by atoms with Gasteiger partial charge in [-0.15, -0.1) is 0 Å². The van der Waals surface area contributed by atoms with Gasteiger partial charge in [0.25, 0.3) is 0 Å². The van der Waals surface area contributed by atoms with Crippen molar-refractivity contribution in [2.75, 3.05) is 11.9 Å². The second-order valence-electron chi connectivity index (χ2n) is 3.76. The van der Waals surface area contributed by atoms with Crippen molar-refractivity contribution in [3.8, 4) is 0 Å². The predicted molar refractivity (Wildman–Crippen MR) is 64.8 cm³/mol. The maximum Gasteiger partial charge on any atom is 0.414 e. The minimum Gasteiger partial charge on any atom is -0.384 e. The molecule has 0 saturated heterocycles. The summed E-state index contributed by atoms with van der Waals surface area (Å²) in [4.78, 5) is 4.22. The van der Waals surface area contributed by atoms with Crippen LogP contribution in [0.2, 0.25) is 0 Å². The molecule has 98 valence electrons. The van der Waals surface area contributed by atoms with Crippen LogP contribution in [0.1, 0.15) is 6.42 Å². The van der Waals surface area contributed by atoms with Crippen molar-refractivity contribution < 1.29 is 18.3 Å². The maximum atomic E-state index is 12.1. The third-order valence-corrected chi connectivity index (χ3v) is 3.36. The standard InChI is InChI=1S/C11H11F3N2OS/c12-11(13,14)9(17)5-6-15-10-16-7-3-1-2-4-8(7)18-10/h1-4,9,17H,5-6H2,(H,15,16)/t9-/m0/s1. The summed E-state index contributed by atoms with van der Waals surface area (Å²) < 4.78 is 37.1. The van der Waals surface area contributed by atoms with E-state index < -0.39 is 12.3 Å². The van der Waals surface area contributed by atoms with E-state index in [4.69, 9.17) is 5.11 Å². The van der Waals surface area contributed by atoms with Crippen LogP contribution in [0.4, 0.5) is 18.3 Å². The smallest absolute Gasteiger partial charge is 0.384 e. The van der Waals surface area contributed by atoms with Gasteiger partial charge in [0.1, 0.15) is 0 Å². The molecule has 0 bridgehead atoms. The van der Waals surface area contributed by atoms with Crippen molar-refractivity contribution in [2.24, 2.45) is 0 Å². The summed E-state index contributed by atoms with van der Waals surface area (Å²) in [6.45, 7) is 0.0283. The largest absolute Gasteiger partial charge is 0.414 e. The van der Waals surface area contributed by atoms with E-state index in [9.17, 15) is 13.2 Å². The molecule has 0 fully saturated rings. The Morgan fingerprint density at radius 2 is 2.06 bits per heavy atom. The summed E-state index contributed by atoms with van der Waals surface area (Å²) in [6, 6.07) is 7.45. The van der Waals surface area contributed by atoms with Gasteiger partial charge in [-0.2, -0.15) is 13.2 Å². The minimum atomic E-state index is -4.56. The summed E-state index contributed by atoms with van der Waals surface area (Å²) in [6.07, 6.45) is -7.24. The number of hydrogen-bond donors (Lipinski definition) is 2. The molecule has 1 aromatic carbocycles. The van der Waals surface area contributed by atoms with Gasteiger partial charge in [-0.25, -0.2) is 4.98 Å². The number of fused-ring (bicyclic) bond motifs is 1. The number of nitrogens with one attached hydrogen (secondary N) is 1. The molecule has 0 radical (unpaired) electrons. The lowest BCUT2D eigenvalue weighted by Crippen LogP contribution is -2.30. The third-order valence-electron chi connectivity index (χ3n) is 2.37. The molecule has 2 rings (SSSR count). The van der Waals surface area contributed by atoms with E-state index in [-0.39, 0.29) is 13.0 Å². The van der Waals surface area contributed by atoms with Gasteiger partial charge in [-0.1, -0.05) is 23.5 Å². The number of anilines is 1. The highest BCUT2D eigenvalue weighted by molar-refractivity contribution is 7.22. The van der Waals surface area contributed by atoms with Crippen LogP contribution in [0.5, 0.6) is 0 Å². The topological polar surface area (TPSA) is 45.1 Å². The summed E-state index contributed by atoms with van der Waals surface area (Å²) >= 11 is 1.37. The molecule has 2 aromatic rings. The Morgan fingerprint density at radius 3 is 2.72 bits per heavy atom. The van der Waals surface area contributed by atoms with Crippen LogP contribution in [0.25, 0.3) is 10.2 Å². The molecule has 0 unspecified atom stereocenters. The molecular formula is C11H11F3N2OS. The molecule has 2 N–H and O–H groups in total. The van der Waals surface area contributed by atoms with E-state index in [1.54, 1.807) is 0 Å². The van der Waals surface area contributed by atoms with Gasteiger partial charge >= 0.3 is 6.18 Å². The van der Waals surface area contributed by atoms with E-state index in [0.29, 0.717) is 5.13 Å².